The predicted octanol–water partition coefficient (Wildman–Crippen LogP) is 15.8. The first-order chi connectivity index (χ1) is 25.6. The van der Waals surface area contributed by atoms with Crippen molar-refractivity contribution < 1.29 is 19.0 Å². The van der Waals surface area contributed by atoms with Crippen molar-refractivity contribution in [2.24, 2.45) is 5.92 Å². The standard InChI is InChI=1S/C48H97NO4/c1-9-11-13-15-17-19-21-23-25-27-29-31-33-35-38-45(39-36-34-32-30-28-26-24-22-20-18-16-14-12-10-2)44-49(7)46(50)52-42-37-40-48(5,6)53-43-41-47(3,4)51-8/h45H,9-44H2,1-8H3. The van der Waals surface area contributed by atoms with Gasteiger partial charge in [-0.15, -0.1) is 0 Å². The number of nitrogens with zero attached hydrogens (tertiary/aromatic N) is 1. The molecule has 0 aliphatic rings. The molecule has 318 valence electrons. The van der Waals surface area contributed by atoms with Gasteiger partial charge in [0.1, 0.15) is 0 Å². The molecular weight excluding hydrogens is 655 g/mol. The summed E-state index contributed by atoms with van der Waals surface area (Å²) in [5, 5.41) is 0. The lowest BCUT2D eigenvalue weighted by molar-refractivity contribution is -0.0632. The maximum Gasteiger partial charge on any atom is 0.409 e. The molecule has 0 radical (unpaired) electrons. The molecule has 0 bridgehead atoms. The average molecular weight is 752 g/mol. The van der Waals surface area contributed by atoms with E-state index in [9.17, 15) is 4.79 Å². The highest BCUT2D eigenvalue weighted by atomic mass is 16.6. The van der Waals surface area contributed by atoms with E-state index < -0.39 is 0 Å². The van der Waals surface area contributed by atoms with Gasteiger partial charge in [-0.2, -0.15) is 0 Å². The van der Waals surface area contributed by atoms with Gasteiger partial charge in [-0.05, 0) is 65.7 Å². The predicted molar refractivity (Wildman–Crippen MR) is 232 cm³/mol. The van der Waals surface area contributed by atoms with Crippen LogP contribution in [0.5, 0.6) is 0 Å². The van der Waals surface area contributed by atoms with Crippen LogP contribution < -0.4 is 0 Å². The Morgan fingerprint density at radius 2 is 0.849 bits per heavy atom. The number of ether oxygens (including phenoxy) is 3. The van der Waals surface area contributed by atoms with E-state index in [4.69, 9.17) is 14.2 Å². The first-order valence-electron chi connectivity index (χ1n) is 23.6. The molecule has 0 heterocycles. The number of hydrogen-bond donors (Lipinski definition) is 0. The van der Waals surface area contributed by atoms with Crippen LogP contribution in [0, 0.1) is 5.92 Å². The van der Waals surface area contributed by atoms with E-state index in [0.29, 0.717) is 19.1 Å². The number of amides is 1. The minimum Gasteiger partial charge on any atom is -0.449 e. The van der Waals surface area contributed by atoms with Crippen LogP contribution in [-0.2, 0) is 14.2 Å². The van der Waals surface area contributed by atoms with E-state index in [1.807, 2.05) is 11.9 Å². The van der Waals surface area contributed by atoms with Crippen molar-refractivity contribution in [1.82, 2.24) is 4.90 Å². The molecule has 0 unspecified atom stereocenters. The van der Waals surface area contributed by atoms with Crippen molar-refractivity contribution >= 4 is 6.09 Å². The number of unbranched alkanes of at least 4 members (excludes halogenated alkanes) is 26. The van der Waals surface area contributed by atoms with Crippen LogP contribution in [0.3, 0.4) is 0 Å². The number of carbonyl (C=O) groups excluding carboxylic acids is 1. The zero-order valence-corrected chi connectivity index (χ0v) is 37.6. The number of rotatable bonds is 41. The van der Waals surface area contributed by atoms with Gasteiger partial charge in [0.2, 0.25) is 0 Å². The Morgan fingerprint density at radius 1 is 0.491 bits per heavy atom. The van der Waals surface area contributed by atoms with E-state index in [1.54, 1.807) is 7.11 Å². The number of methoxy groups -OCH3 is 1. The lowest BCUT2D eigenvalue weighted by Crippen LogP contribution is -2.33. The molecule has 0 aromatic carbocycles. The summed E-state index contributed by atoms with van der Waals surface area (Å²) in [6, 6.07) is 0. The van der Waals surface area contributed by atoms with Crippen LogP contribution in [0.15, 0.2) is 0 Å². The summed E-state index contributed by atoms with van der Waals surface area (Å²) in [7, 11) is 3.69. The molecule has 0 spiro atoms. The van der Waals surface area contributed by atoms with E-state index in [2.05, 4.69) is 41.5 Å². The van der Waals surface area contributed by atoms with E-state index in [0.717, 1.165) is 25.8 Å². The summed E-state index contributed by atoms with van der Waals surface area (Å²) in [5.74, 6) is 0.575. The maximum atomic E-state index is 13.0. The zero-order chi connectivity index (χ0) is 39.3. The van der Waals surface area contributed by atoms with Gasteiger partial charge < -0.3 is 19.1 Å². The monoisotopic (exact) mass is 752 g/mol. The third-order valence-electron chi connectivity index (χ3n) is 11.7. The molecule has 0 aromatic rings. The average Bonchev–Trinajstić information content (AvgIpc) is 3.13. The van der Waals surface area contributed by atoms with Gasteiger partial charge in [-0.1, -0.05) is 194 Å². The van der Waals surface area contributed by atoms with Crippen molar-refractivity contribution in [2.75, 3.05) is 33.9 Å². The first-order valence-corrected chi connectivity index (χ1v) is 23.6. The molecule has 0 rings (SSSR count). The lowest BCUT2D eigenvalue weighted by atomic mass is 9.93. The van der Waals surface area contributed by atoms with Crippen LogP contribution in [0.25, 0.3) is 0 Å². The van der Waals surface area contributed by atoms with Crippen molar-refractivity contribution in [3.05, 3.63) is 0 Å². The highest BCUT2D eigenvalue weighted by Crippen LogP contribution is 2.23. The van der Waals surface area contributed by atoms with Gasteiger partial charge in [0.15, 0.2) is 0 Å². The molecule has 53 heavy (non-hydrogen) atoms. The molecule has 0 saturated carbocycles. The van der Waals surface area contributed by atoms with Gasteiger partial charge in [-0.25, -0.2) is 4.79 Å². The molecule has 1 amide bonds. The van der Waals surface area contributed by atoms with Crippen LogP contribution in [0.1, 0.15) is 253 Å². The highest BCUT2D eigenvalue weighted by Gasteiger charge is 2.22. The van der Waals surface area contributed by atoms with Crippen molar-refractivity contribution in [1.29, 1.82) is 0 Å². The fourth-order valence-electron chi connectivity index (χ4n) is 7.56. The number of hydrogen-bond acceptors (Lipinski definition) is 4. The number of carbonyl (C=O) groups is 1. The smallest absolute Gasteiger partial charge is 0.409 e. The molecule has 0 aliphatic carbocycles. The Morgan fingerprint density at radius 3 is 1.21 bits per heavy atom. The normalized spacial score (nSPS) is 12.2. The summed E-state index contributed by atoms with van der Waals surface area (Å²) >= 11 is 0. The summed E-state index contributed by atoms with van der Waals surface area (Å²) < 4.78 is 17.4. The Labute approximate surface area is 333 Å². The second-order valence-corrected chi connectivity index (χ2v) is 18.1. The van der Waals surface area contributed by atoms with Gasteiger partial charge >= 0.3 is 6.09 Å². The largest absolute Gasteiger partial charge is 0.449 e. The lowest BCUT2D eigenvalue weighted by Gasteiger charge is -2.29. The Kier molecular flexibility index (Phi) is 36.2. The molecule has 0 fully saturated rings. The van der Waals surface area contributed by atoms with Crippen molar-refractivity contribution in [3.63, 3.8) is 0 Å². The Hall–Kier alpha value is -0.810. The molecule has 5 nitrogen and oxygen atoms in total. The minimum absolute atomic E-state index is 0.169. The molecule has 0 N–H and O–H groups in total. The fourth-order valence-corrected chi connectivity index (χ4v) is 7.56. The molecule has 0 aliphatic heterocycles. The molecule has 0 aromatic heterocycles. The van der Waals surface area contributed by atoms with Crippen LogP contribution in [0.2, 0.25) is 0 Å². The van der Waals surface area contributed by atoms with E-state index in [1.165, 1.54) is 193 Å². The first kappa shape index (κ1) is 52.2. The van der Waals surface area contributed by atoms with Crippen LogP contribution in [-0.4, -0.2) is 56.1 Å². The molecule has 5 heteroatoms. The third kappa shape index (κ3) is 36.6. The SMILES string of the molecule is CCCCCCCCCCCCCCCCC(CCCCCCCCCCCCCCCC)CN(C)C(=O)OCCCC(C)(C)OCCC(C)(C)OC. The summed E-state index contributed by atoms with van der Waals surface area (Å²) in [4.78, 5) is 14.8. The summed E-state index contributed by atoms with van der Waals surface area (Å²) in [6.07, 6.45) is 44.0. The van der Waals surface area contributed by atoms with Crippen LogP contribution in [0.4, 0.5) is 4.79 Å². The summed E-state index contributed by atoms with van der Waals surface area (Å²) in [5.41, 5.74) is -0.415. The fraction of sp³-hybridized carbons (Fsp3) is 0.979. The topological polar surface area (TPSA) is 48.0 Å². The Balaban J connectivity index is 4.41. The van der Waals surface area contributed by atoms with Gasteiger partial charge in [0.05, 0.1) is 24.4 Å². The van der Waals surface area contributed by atoms with Crippen molar-refractivity contribution in [2.45, 2.75) is 265 Å². The second kappa shape index (κ2) is 36.8. The van der Waals surface area contributed by atoms with Gasteiger partial charge in [0.25, 0.3) is 0 Å². The Bertz CT molecular complexity index is 737. The van der Waals surface area contributed by atoms with Gasteiger partial charge in [-0.3, -0.25) is 0 Å². The molecule has 0 atom stereocenters. The second-order valence-electron chi connectivity index (χ2n) is 18.1. The maximum absolute atomic E-state index is 13.0. The molecular formula is C48H97NO4. The highest BCUT2D eigenvalue weighted by molar-refractivity contribution is 5.67. The summed E-state index contributed by atoms with van der Waals surface area (Å²) in [6.45, 7) is 14.9. The zero-order valence-electron chi connectivity index (χ0n) is 37.6. The van der Waals surface area contributed by atoms with Crippen LogP contribution >= 0.6 is 0 Å². The minimum atomic E-state index is -0.242. The third-order valence-corrected chi connectivity index (χ3v) is 11.7. The van der Waals surface area contributed by atoms with E-state index in [-0.39, 0.29) is 17.3 Å². The van der Waals surface area contributed by atoms with Gasteiger partial charge in [0, 0.05) is 20.7 Å². The van der Waals surface area contributed by atoms with E-state index >= 15 is 0 Å². The quantitative estimate of drug-likeness (QED) is 0.0584. The molecule has 0 saturated heterocycles. The van der Waals surface area contributed by atoms with Crippen molar-refractivity contribution in [3.8, 4) is 0 Å².